The average molecular weight is 1090 g/mol. The fourth-order valence-electron chi connectivity index (χ4n) is 9.88. The molecule has 8 atom stereocenters. The summed E-state index contributed by atoms with van der Waals surface area (Å²) in [5.41, 5.74) is 0. The highest BCUT2D eigenvalue weighted by atomic mass is 16.7. The zero-order valence-corrected chi connectivity index (χ0v) is 49.6. The monoisotopic (exact) mass is 1090 g/mol. The van der Waals surface area contributed by atoms with E-state index in [1.165, 1.54) is 148 Å². The largest absolute Gasteiger partial charge is 0.454 e. The first-order chi connectivity index (χ1) is 37.7. The lowest BCUT2D eigenvalue weighted by Crippen LogP contribution is -2.61. The standard InChI is InChI=1S/C66H119NO10/c1-4-7-10-13-16-19-22-25-27-28-29-30-31-33-35-38-41-44-47-50-53-59(70)65(74)67-57(58(69)52-49-46-43-40-37-34-24-21-18-15-12-9-6-3)56-75-66-64(63(73)62(72)60(55-68)76-66)77-61(71)54-51-48-45-42-39-36-32-26-23-20-17-14-11-8-5-2/h8,11,14,17,20,23,25,27,49,52,57-60,62-64,66,68-70,72-73H,4-7,9-10,12-13,15-16,18-19,21-22,24,26,28-48,50-51,53-56H2,1-3H3,(H,67,74)/b11-8+,17-14+,23-20+,27-25+,52-49+. The van der Waals surface area contributed by atoms with Gasteiger partial charge in [0.1, 0.15) is 24.4 Å². The fraction of sp³-hybridized carbons (Fsp3) is 0.818. The number of hydrogen-bond acceptors (Lipinski definition) is 10. The number of rotatable bonds is 54. The van der Waals surface area contributed by atoms with Gasteiger partial charge in [0.2, 0.25) is 5.91 Å². The number of carbonyl (C=O) groups excluding carboxylic acids is 2. The molecule has 1 rings (SSSR count). The molecule has 0 aromatic carbocycles. The number of amides is 1. The van der Waals surface area contributed by atoms with Crippen molar-refractivity contribution in [2.45, 2.75) is 333 Å². The third-order valence-electron chi connectivity index (χ3n) is 15.0. The lowest BCUT2D eigenvalue weighted by molar-refractivity contribution is -0.305. The van der Waals surface area contributed by atoms with Gasteiger partial charge in [0.15, 0.2) is 12.4 Å². The van der Waals surface area contributed by atoms with Crippen LogP contribution in [0.4, 0.5) is 0 Å². The van der Waals surface area contributed by atoms with Gasteiger partial charge in [-0.3, -0.25) is 9.59 Å². The Kier molecular flexibility index (Phi) is 50.7. The number of allylic oxidation sites excluding steroid dienone is 9. The summed E-state index contributed by atoms with van der Waals surface area (Å²) in [4.78, 5) is 26.6. The Hall–Kier alpha value is -2.64. The van der Waals surface area contributed by atoms with E-state index >= 15 is 0 Å². The number of ether oxygens (including phenoxy) is 3. The topological polar surface area (TPSA) is 175 Å². The van der Waals surface area contributed by atoms with E-state index in [0.29, 0.717) is 12.8 Å². The molecule has 448 valence electrons. The van der Waals surface area contributed by atoms with Gasteiger partial charge in [0, 0.05) is 6.42 Å². The van der Waals surface area contributed by atoms with Crippen LogP contribution in [0.3, 0.4) is 0 Å². The van der Waals surface area contributed by atoms with E-state index in [1.54, 1.807) is 6.08 Å². The smallest absolute Gasteiger partial charge is 0.306 e. The molecule has 1 fully saturated rings. The molecule has 1 saturated heterocycles. The van der Waals surface area contributed by atoms with Crippen molar-refractivity contribution in [2.24, 2.45) is 0 Å². The van der Waals surface area contributed by atoms with Gasteiger partial charge in [-0.15, -0.1) is 0 Å². The predicted octanol–water partition coefficient (Wildman–Crippen LogP) is 15.4. The first-order valence-electron chi connectivity index (χ1n) is 32.1. The van der Waals surface area contributed by atoms with E-state index in [1.807, 2.05) is 12.2 Å². The summed E-state index contributed by atoms with van der Waals surface area (Å²) in [7, 11) is 0. The van der Waals surface area contributed by atoms with Crippen molar-refractivity contribution in [3.05, 3.63) is 60.8 Å². The number of unbranched alkanes of at least 4 members (excludes halogenated alkanes) is 34. The summed E-state index contributed by atoms with van der Waals surface area (Å²) >= 11 is 0. The Morgan fingerprint density at radius 2 is 0.948 bits per heavy atom. The maximum atomic E-state index is 13.4. The van der Waals surface area contributed by atoms with Crippen molar-refractivity contribution < 1.29 is 49.3 Å². The molecular weight excluding hydrogens is 967 g/mol. The van der Waals surface area contributed by atoms with Crippen LogP contribution in [0, 0.1) is 0 Å². The van der Waals surface area contributed by atoms with Gasteiger partial charge in [-0.2, -0.15) is 0 Å². The van der Waals surface area contributed by atoms with E-state index in [2.05, 4.69) is 68.6 Å². The zero-order valence-electron chi connectivity index (χ0n) is 49.6. The quantitative estimate of drug-likeness (QED) is 0.0149. The molecular formula is C66H119NO10. The lowest BCUT2D eigenvalue weighted by atomic mass is 9.99. The normalized spacial score (nSPS) is 19.4. The van der Waals surface area contributed by atoms with Crippen molar-refractivity contribution in [1.29, 1.82) is 0 Å². The third kappa shape index (κ3) is 42.0. The molecule has 11 nitrogen and oxygen atoms in total. The highest BCUT2D eigenvalue weighted by molar-refractivity contribution is 5.80. The Balaban J connectivity index is 2.67. The number of aliphatic hydroxyl groups is 5. The Morgan fingerprint density at radius 3 is 1.43 bits per heavy atom. The molecule has 11 heteroatoms. The zero-order chi connectivity index (χ0) is 56.1. The number of nitrogens with one attached hydrogen (secondary N) is 1. The summed E-state index contributed by atoms with van der Waals surface area (Å²) in [5.74, 6) is -1.20. The molecule has 0 radical (unpaired) electrons. The summed E-state index contributed by atoms with van der Waals surface area (Å²) < 4.78 is 17.6. The molecule has 0 bridgehead atoms. The molecule has 0 aliphatic carbocycles. The van der Waals surface area contributed by atoms with Gasteiger partial charge in [-0.1, -0.05) is 268 Å². The van der Waals surface area contributed by atoms with Gasteiger partial charge >= 0.3 is 5.97 Å². The second-order valence-electron chi connectivity index (χ2n) is 22.2. The molecule has 0 aromatic heterocycles. The van der Waals surface area contributed by atoms with E-state index < -0.39 is 67.4 Å². The molecule has 0 spiro atoms. The minimum Gasteiger partial charge on any atom is -0.454 e. The number of esters is 1. The van der Waals surface area contributed by atoms with Crippen LogP contribution in [0.5, 0.6) is 0 Å². The molecule has 0 saturated carbocycles. The van der Waals surface area contributed by atoms with Crippen LogP contribution in [0.15, 0.2) is 60.8 Å². The number of hydrogen-bond donors (Lipinski definition) is 6. The maximum Gasteiger partial charge on any atom is 0.306 e. The summed E-state index contributed by atoms with van der Waals surface area (Å²) in [6.45, 7) is 5.67. The summed E-state index contributed by atoms with van der Waals surface area (Å²) in [5, 5.41) is 57.0. The van der Waals surface area contributed by atoms with Crippen molar-refractivity contribution >= 4 is 11.9 Å². The third-order valence-corrected chi connectivity index (χ3v) is 15.0. The van der Waals surface area contributed by atoms with Crippen LogP contribution in [-0.4, -0.2) is 99.6 Å². The second kappa shape index (κ2) is 54.0. The average Bonchev–Trinajstić information content (AvgIpc) is 3.43. The van der Waals surface area contributed by atoms with Gasteiger partial charge in [0.25, 0.3) is 0 Å². The SMILES string of the molecule is CC/C=C/C=C/C=C/CCCCCCCCCC(=O)OC1C(OCC(NC(=O)C(O)CCCCCCCCCCCC/C=C/CCCCCCCC)C(O)/C=C/CCCCCCCCCCCCC)OC(CO)C(O)C1O. The first kappa shape index (κ1) is 72.4. The van der Waals surface area contributed by atoms with Crippen LogP contribution >= 0.6 is 0 Å². The maximum absolute atomic E-state index is 13.4. The Bertz CT molecular complexity index is 1480. The van der Waals surface area contributed by atoms with Crippen LogP contribution in [0.25, 0.3) is 0 Å². The van der Waals surface area contributed by atoms with Crippen molar-refractivity contribution in [2.75, 3.05) is 13.2 Å². The van der Waals surface area contributed by atoms with Crippen LogP contribution < -0.4 is 5.32 Å². The number of aliphatic hydroxyl groups excluding tert-OH is 5. The molecule has 1 aliphatic heterocycles. The minimum atomic E-state index is -1.62. The molecule has 77 heavy (non-hydrogen) atoms. The molecule has 6 N–H and O–H groups in total. The fourth-order valence-corrected chi connectivity index (χ4v) is 9.88. The van der Waals surface area contributed by atoms with E-state index in [9.17, 15) is 35.1 Å². The summed E-state index contributed by atoms with van der Waals surface area (Å²) in [6, 6.07) is -1.03. The van der Waals surface area contributed by atoms with Gasteiger partial charge in [-0.05, 0) is 70.6 Å². The lowest BCUT2D eigenvalue weighted by Gasteiger charge is -2.41. The van der Waals surface area contributed by atoms with Crippen molar-refractivity contribution in [3.63, 3.8) is 0 Å². The molecule has 0 aromatic rings. The summed E-state index contributed by atoms with van der Waals surface area (Å²) in [6.07, 6.45) is 56.8. The first-order valence-corrected chi connectivity index (χ1v) is 32.1. The highest BCUT2D eigenvalue weighted by Gasteiger charge is 2.47. The minimum absolute atomic E-state index is 0.109. The van der Waals surface area contributed by atoms with Crippen LogP contribution in [0.1, 0.15) is 284 Å². The van der Waals surface area contributed by atoms with Crippen molar-refractivity contribution in [3.8, 4) is 0 Å². The molecule has 8 unspecified atom stereocenters. The molecule has 1 aliphatic rings. The Labute approximate surface area is 471 Å². The molecule has 1 amide bonds. The highest BCUT2D eigenvalue weighted by Crippen LogP contribution is 2.26. The van der Waals surface area contributed by atoms with E-state index in [-0.39, 0.29) is 19.4 Å². The van der Waals surface area contributed by atoms with E-state index in [4.69, 9.17) is 14.2 Å². The molecule has 1 heterocycles. The van der Waals surface area contributed by atoms with Crippen LogP contribution in [0.2, 0.25) is 0 Å². The predicted molar refractivity (Wildman–Crippen MR) is 320 cm³/mol. The van der Waals surface area contributed by atoms with E-state index in [0.717, 1.165) is 89.9 Å². The Morgan fingerprint density at radius 1 is 0.519 bits per heavy atom. The number of carbonyl (C=O) groups is 2. The van der Waals surface area contributed by atoms with Crippen molar-refractivity contribution in [1.82, 2.24) is 5.32 Å². The van der Waals surface area contributed by atoms with Crippen LogP contribution in [-0.2, 0) is 23.8 Å². The second-order valence-corrected chi connectivity index (χ2v) is 22.2. The van der Waals surface area contributed by atoms with Gasteiger partial charge < -0.3 is 45.1 Å². The van der Waals surface area contributed by atoms with Gasteiger partial charge in [0.05, 0.1) is 25.4 Å². The van der Waals surface area contributed by atoms with Gasteiger partial charge in [-0.25, -0.2) is 0 Å².